The standard InChI is InChI=1S/C16H21NO3/c1-11-6-7-13(12(2)17-3)8-14(11)9-15(10-19-4)16(18)20-5/h6-8,10H,9H2,1-5H3/b15-10+,17-12?. The Morgan fingerprint density at radius 1 is 1.35 bits per heavy atom. The van der Waals surface area contributed by atoms with Crippen LogP contribution in [0.4, 0.5) is 0 Å². The summed E-state index contributed by atoms with van der Waals surface area (Å²) in [4.78, 5) is 15.9. The molecule has 0 N–H and O–H groups in total. The quantitative estimate of drug-likeness (QED) is 0.359. The van der Waals surface area contributed by atoms with E-state index >= 15 is 0 Å². The van der Waals surface area contributed by atoms with E-state index in [0.717, 1.165) is 22.4 Å². The van der Waals surface area contributed by atoms with E-state index in [9.17, 15) is 4.79 Å². The molecule has 0 amide bonds. The average Bonchev–Trinajstić information content (AvgIpc) is 2.47. The van der Waals surface area contributed by atoms with Crippen molar-refractivity contribution in [3.05, 3.63) is 46.7 Å². The fourth-order valence-electron chi connectivity index (χ4n) is 1.86. The van der Waals surface area contributed by atoms with Gasteiger partial charge >= 0.3 is 5.97 Å². The molecule has 0 heterocycles. The Balaban J connectivity index is 3.12. The Bertz CT molecular complexity index is 545. The number of benzene rings is 1. The van der Waals surface area contributed by atoms with Gasteiger partial charge < -0.3 is 9.47 Å². The highest BCUT2D eigenvalue weighted by atomic mass is 16.5. The Kier molecular flexibility index (Phi) is 5.97. The van der Waals surface area contributed by atoms with Gasteiger partial charge in [-0.3, -0.25) is 4.99 Å². The molecular weight excluding hydrogens is 254 g/mol. The number of aryl methyl sites for hydroxylation is 1. The highest BCUT2D eigenvalue weighted by molar-refractivity contribution is 5.99. The van der Waals surface area contributed by atoms with Crippen LogP contribution in [0.5, 0.6) is 0 Å². The van der Waals surface area contributed by atoms with Gasteiger partial charge in [0.1, 0.15) is 0 Å². The van der Waals surface area contributed by atoms with Gasteiger partial charge in [0, 0.05) is 19.2 Å². The predicted octanol–water partition coefficient (Wildman–Crippen LogP) is 2.68. The smallest absolute Gasteiger partial charge is 0.337 e. The molecule has 108 valence electrons. The van der Waals surface area contributed by atoms with Crippen molar-refractivity contribution >= 4 is 11.7 Å². The second-order valence-corrected chi connectivity index (χ2v) is 4.50. The van der Waals surface area contributed by atoms with Crippen LogP contribution in [-0.4, -0.2) is 32.9 Å². The normalized spacial score (nSPS) is 12.2. The molecule has 0 radical (unpaired) electrons. The summed E-state index contributed by atoms with van der Waals surface area (Å²) >= 11 is 0. The van der Waals surface area contributed by atoms with Crippen molar-refractivity contribution in [2.75, 3.05) is 21.3 Å². The van der Waals surface area contributed by atoms with E-state index in [1.807, 2.05) is 32.0 Å². The molecule has 0 aromatic heterocycles. The minimum atomic E-state index is -0.377. The molecule has 0 saturated heterocycles. The number of ether oxygens (including phenoxy) is 2. The third kappa shape index (κ3) is 3.95. The molecule has 0 aliphatic rings. The van der Waals surface area contributed by atoms with Crippen LogP contribution in [0.3, 0.4) is 0 Å². The van der Waals surface area contributed by atoms with Crippen molar-refractivity contribution in [1.82, 2.24) is 0 Å². The van der Waals surface area contributed by atoms with Crippen LogP contribution in [0.2, 0.25) is 0 Å². The van der Waals surface area contributed by atoms with Crippen molar-refractivity contribution in [2.24, 2.45) is 4.99 Å². The molecule has 1 aromatic carbocycles. The lowest BCUT2D eigenvalue weighted by atomic mass is 9.97. The topological polar surface area (TPSA) is 47.9 Å². The summed E-state index contributed by atoms with van der Waals surface area (Å²) < 4.78 is 9.72. The number of nitrogens with zero attached hydrogens (tertiary/aromatic N) is 1. The molecule has 0 aliphatic heterocycles. The van der Waals surface area contributed by atoms with Crippen molar-refractivity contribution in [1.29, 1.82) is 0 Å². The summed E-state index contributed by atoms with van der Waals surface area (Å²) in [5.74, 6) is -0.377. The maximum atomic E-state index is 11.7. The molecule has 0 fully saturated rings. The van der Waals surface area contributed by atoms with E-state index in [2.05, 4.69) is 4.99 Å². The summed E-state index contributed by atoms with van der Waals surface area (Å²) in [5, 5.41) is 0. The Morgan fingerprint density at radius 2 is 2.05 bits per heavy atom. The minimum absolute atomic E-state index is 0.377. The molecular formula is C16H21NO3. The van der Waals surface area contributed by atoms with Crippen molar-refractivity contribution in [2.45, 2.75) is 20.3 Å². The number of methoxy groups -OCH3 is 2. The summed E-state index contributed by atoms with van der Waals surface area (Å²) in [6, 6.07) is 6.10. The third-order valence-corrected chi connectivity index (χ3v) is 3.19. The van der Waals surface area contributed by atoms with Crippen molar-refractivity contribution < 1.29 is 14.3 Å². The van der Waals surface area contributed by atoms with E-state index in [-0.39, 0.29) is 5.97 Å². The number of carbonyl (C=O) groups excluding carboxylic acids is 1. The second kappa shape index (κ2) is 7.48. The zero-order valence-electron chi connectivity index (χ0n) is 12.7. The van der Waals surface area contributed by atoms with Crippen LogP contribution in [-0.2, 0) is 20.7 Å². The highest BCUT2D eigenvalue weighted by Crippen LogP contribution is 2.17. The zero-order valence-corrected chi connectivity index (χ0v) is 12.7. The molecule has 0 saturated carbocycles. The molecule has 1 rings (SSSR count). The summed E-state index contributed by atoms with van der Waals surface area (Å²) in [6.45, 7) is 3.97. The van der Waals surface area contributed by atoms with Gasteiger partial charge in [0.15, 0.2) is 0 Å². The largest absolute Gasteiger partial charge is 0.504 e. The fraction of sp³-hybridized carbons (Fsp3) is 0.375. The van der Waals surface area contributed by atoms with Crippen LogP contribution < -0.4 is 0 Å². The lowest BCUT2D eigenvalue weighted by Gasteiger charge is -2.10. The molecule has 4 nitrogen and oxygen atoms in total. The van der Waals surface area contributed by atoms with E-state index < -0.39 is 0 Å². The molecule has 0 unspecified atom stereocenters. The second-order valence-electron chi connectivity index (χ2n) is 4.50. The van der Waals surface area contributed by atoms with Crippen LogP contribution >= 0.6 is 0 Å². The summed E-state index contributed by atoms with van der Waals surface area (Å²) in [6.07, 6.45) is 1.90. The molecule has 20 heavy (non-hydrogen) atoms. The van der Waals surface area contributed by atoms with Crippen LogP contribution in [0.25, 0.3) is 0 Å². The molecule has 1 aromatic rings. The first-order valence-electron chi connectivity index (χ1n) is 6.37. The molecule has 0 spiro atoms. The fourth-order valence-corrected chi connectivity index (χ4v) is 1.86. The SMILES string of the molecule is CN=C(C)c1ccc(C)c(C/C(=C\OC)C(=O)OC)c1. The molecule has 4 heteroatoms. The van der Waals surface area contributed by atoms with Gasteiger partial charge in [-0.2, -0.15) is 0 Å². The molecule has 0 atom stereocenters. The number of carbonyl (C=O) groups is 1. The maximum absolute atomic E-state index is 11.7. The van der Waals surface area contributed by atoms with Gasteiger partial charge in [0.05, 0.1) is 26.1 Å². The van der Waals surface area contributed by atoms with Gasteiger partial charge in [-0.1, -0.05) is 12.1 Å². The van der Waals surface area contributed by atoms with Crippen molar-refractivity contribution in [3.63, 3.8) is 0 Å². The summed E-state index contributed by atoms with van der Waals surface area (Å²) in [7, 11) is 4.64. The predicted molar refractivity (Wildman–Crippen MR) is 80.1 cm³/mol. The van der Waals surface area contributed by atoms with Gasteiger partial charge in [-0.05, 0) is 36.6 Å². The first-order valence-corrected chi connectivity index (χ1v) is 6.37. The molecule has 0 bridgehead atoms. The van der Waals surface area contributed by atoms with Gasteiger partial charge in [-0.25, -0.2) is 4.79 Å². The first-order chi connectivity index (χ1) is 9.53. The Morgan fingerprint density at radius 3 is 2.60 bits per heavy atom. The Hall–Kier alpha value is -2.10. The average molecular weight is 275 g/mol. The van der Waals surface area contributed by atoms with Crippen LogP contribution in [0.15, 0.2) is 35.0 Å². The number of hydrogen-bond donors (Lipinski definition) is 0. The highest BCUT2D eigenvalue weighted by Gasteiger charge is 2.13. The van der Waals surface area contributed by atoms with Crippen LogP contribution in [0, 0.1) is 6.92 Å². The number of hydrogen-bond acceptors (Lipinski definition) is 4. The van der Waals surface area contributed by atoms with E-state index in [1.165, 1.54) is 20.5 Å². The lowest BCUT2D eigenvalue weighted by molar-refractivity contribution is -0.136. The van der Waals surface area contributed by atoms with E-state index in [0.29, 0.717) is 12.0 Å². The summed E-state index contributed by atoms with van der Waals surface area (Å²) in [5.41, 5.74) is 4.67. The minimum Gasteiger partial charge on any atom is -0.504 e. The zero-order chi connectivity index (χ0) is 15.1. The third-order valence-electron chi connectivity index (χ3n) is 3.19. The Labute approximate surface area is 120 Å². The number of aliphatic imine (C=N–C) groups is 1. The van der Waals surface area contributed by atoms with Crippen LogP contribution in [0.1, 0.15) is 23.6 Å². The monoisotopic (exact) mass is 275 g/mol. The van der Waals surface area contributed by atoms with Gasteiger partial charge in [-0.15, -0.1) is 0 Å². The van der Waals surface area contributed by atoms with Gasteiger partial charge in [0.25, 0.3) is 0 Å². The first kappa shape index (κ1) is 16.0. The van der Waals surface area contributed by atoms with E-state index in [1.54, 1.807) is 7.05 Å². The van der Waals surface area contributed by atoms with Crippen molar-refractivity contribution in [3.8, 4) is 0 Å². The van der Waals surface area contributed by atoms with Gasteiger partial charge in [0.2, 0.25) is 0 Å². The maximum Gasteiger partial charge on any atom is 0.337 e. The molecule has 0 aliphatic carbocycles. The number of rotatable bonds is 5. The van der Waals surface area contributed by atoms with E-state index in [4.69, 9.17) is 9.47 Å². The number of esters is 1. The lowest BCUT2D eigenvalue weighted by Crippen LogP contribution is -2.09.